The van der Waals surface area contributed by atoms with Gasteiger partial charge in [0.25, 0.3) is 0 Å². The molecule has 0 aliphatic rings. The maximum atomic E-state index is 6.54. The SMILES string of the molecule is c1ccc(-c2c3c(cc4c(-c5ccc(-n6c7ccccc7c7ccccc76)cc5)nc5ccccc5c24)oc2ccccc23)cc1. The Morgan fingerprint density at radius 1 is 0.435 bits per heavy atom. The van der Waals surface area contributed by atoms with E-state index in [4.69, 9.17) is 9.40 Å². The van der Waals surface area contributed by atoms with Crippen LogP contribution in [0.2, 0.25) is 0 Å². The fraction of sp³-hybridized carbons (Fsp3) is 0. The standard InChI is InChI=1S/C43H26N2O/c1-2-12-27(13-3-1)40-41-32-16-4-8-18-35(32)44-43(34(41)26-39-42(40)33-17-7-11-21-38(33)46-39)28-22-24-29(25-23-28)45-36-19-9-5-14-30(36)31-15-6-10-20-37(31)45/h1-26H. The van der Waals surface area contributed by atoms with Crippen LogP contribution in [0.3, 0.4) is 0 Å². The van der Waals surface area contributed by atoms with E-state index in [9.17, 15) is 0 Å². The summed E-state index contributed by atoms with van der Waals surface area (Å²) in [6.07, 6.45) is 0. The summed E-state index contributed by atoms with van der Waals surface area (Å²) in [4.78, 5) is 5.31. The number of hydrogen-bond acceptors (Lipinski definition) is 2. The molecule has 3 heteroatoms. The summed E-state index contributed by atoms with van der Waals surface area (Å²) in [5, 5.41) is 8.18. The van der Waals surface area contributed by atoms with Crippen LogP contribution in [0.25, 0.3) is 93.5 Å². The van der Waals surface area contributed by atoms with Gasteiger partial charge in [0, 0.05) is 54.5 Å². The number of para-hydroxylation sites is 4. The Balaban J connectivity index is 1.28. The molecule has 0 spiro atoms. The molecule has 3 nitrogen and oxygen atoms in total. The lowest BCUT2D eigenvalue weighted by Crippen LogP contribution is -1.95. The fourth-order valence-corrected chi connectivity index (χ4v) is 7.40. The van der Waals surface area contributed by atoms with E-state index in [-0.39, 0.29) is 0 Å². The van der Waals surface area contributed by atoms with Gasteiger partial charge in [0.15, 0.2) is 0 Å². The first-order chi connectivity index (χ1) is 22.8. The first-order valence-corrected chi connectivity index (χ1v) is 15.6. The lowest BCUT2D eigenvalue weighted by Gasteiger charge is -2.16. The molecule has 10 aromatic rings. The van der Waals surface area contributed by atoms with Crippen molar-refractivity contribution in [2.45, 2.75) is 0 Å². The molecule has 0 saturated carbocycles. The lowest BCUT2D eigenvalue weighted by atomic mass is 9.89. The van der Waals surface area contributed by atoms with E-state index < -0.39 is 0 Å². The number of aromatic nitrogens is 2. The summed E-state index contributed by atoms with van der Waals surface area (Å²) in [6.45, 7) is 0. The van der Waals surface area contributed by atoms with Crippen molar-refractivity contribution >= 4 is 65.4 Å². The topological polar surface area (TPSA) is 31.0 Å². The van der Waals surface area contributed by atoms with Crippen LogP contribution in [-0.2, 0) is 0 Å². The summed E-state index contributed by atoms with van der Waals surface area (Å²) in [5.74, 6) is 0. The molecule has 10 rings (SSSR count). The number of rotatable bonds is 3. The van der Waals surface area contributed by atoms with E-state index in [0.29, 0.717) is 0 Å². The Bertz CT molecular complexity index is 2730. The highest BCUT2D eigenvalue weighted by atomic mass is 16.3. The van der Waals surface area contributed by atoms with Gasteiger partial charge in [-0.15, -0.1) is 0 Å². The Hall–Kier alpha value is -6.19. The lowest BCUT2D eigenvalue weighted by molar-refractivity contribution is 0.669. The van der Waals surface area contributed by atoms with Crippen molar-refractivity contribution in [3.8, 4) is 28.1 Å². The fourth-order valence-electron chi connectivity index (χ4n) is 7.40. The van der Waals surface area contributed by atoms with E-state index in [1.165, 1.54) is 32.8 Å². The van der Waals surface area contributed by atoms with Gasteiger partial charge in [-0.1, -0.05) is 115 Å². The molecule has 0 aliphatic carbocycles. The normalized spacial score (nSPS) is 11.9. The summed E-state index contributed by atoms with van der Waals surface area (Å²) in [6, 6.07) is 55.8. The van der Waals surface area contributed by atoms with Crippen LogP contribution < -0.4 is 0 Å². The Morgan fingerprint density at radius 3 is 1.78 bits per heavy atom. The molecule has 0 radical (unpaired) electrons. The summed E-state index contributed by atoms with van der Waals surface area (Å²) < 4.78 is 8.90. The quantitative estimate of drug-likeness (QED) is 0.193. The molecule has 0 aliphatic heterocycles. The van der Waals surface area contributed by atoms with Crippen molar-refractivity contribution in [2.24, 2.45) is 0 Å². The van der Waals surface area contributed by atoms with Gasteiger partial charge in [0.2, 0.25) is 0 Å². The highest BCUT2D eigenvalue weighted by Crippen LogP contribution is 2.46. The third-order valence-electron chi connectivity index (χ3n) is 9.37. The molecule has 0 bridgehead atoms. The molecule has 0 saturated heterocycles. The Kier molecular flexibility index (Phi) is 5.28. The molecular formula is C43H26N2O. The number of furan rings is 1. The van der Waals surface area contributed by atoms with E-state index in [1.54, 1.807) is 0 Å². The van der Waals surface area contributed by atoms with Gasteiger partial charge in [-0.25, -0.2) is 4.98 Å². The average Bonchev–Trinajstić information content (AvgIpc) is 3.66. The predicted molar refractivity (Wildman–Crippen MR) is 192 cm³/mol. The minimum absolute atomic E-state index is 0.868. The molecule has 0 fully saturated rings. The maximum Gasteiger partial charge on any atom is 0.136 e. The zero-order chi connectivity index (χ0) is 30.2. The number of benzene rings is 7. The third kappa shape index (κ3) is 3.57. The molecule has 214 valence electrons. The van der Waals surface area contributed by atoms with Gasteiger partial charge < -0.3 is 8.98 Å². The third-order valence-corrected chi connectivity index (χ3v) is 9.37. The molecular weight excluding hydrogens is 560 g/mol. The monoisotopic (exact) mass is 586 g/mol. The zero-order valence-corrected chi connectivity index (χ0v) is 24.8. The van der Waals surface area contributed by atoms with Crippen LogP contribution in [0, 0.1) is 0 Å². The van der Waals surface area contributed by atoms with Crippen molar-refractivity contribution < 1.29 is 4.42 Å². The van der Waals surface area contributed by atoms with Crippen LogP contribution >= 0.6 is 0 Å². The largest absolute Gasteiger partial charge is 0.456 e. The summed E-state index contributed by atoms with van der Waals surface area (Å²) in [5.41, 5.74) is 10.6. The molecule has 3 heterocycles. The van der Waals surface area contributed by atoms with Gasteiger partial charge >= 0.3 is 0 Å². The van der Waals surface area contributed by atoms with Crippen molar-refractivity contribution in [3.63, 3.8) is 0 Å². The Labute approximate surface area is 264 Å². The average molecular weight is 587 g/mol. The van der Waals surface area contributed by atoms with Crippen molar-refractivity contribution in [1.29, 1.82) is 0 Å². The van der Waals surface area contributed by atoms with E-state index in [2.05, 4.69) is 156 Å². The second-order valence-corrected chi connectivity index (χ2v) is 11.9. The van der Waals surface area contributed by atoms with Crippen LogP contribution in [-0.4, -0.2) is 9.55 Å². The second kappa shape index (κ2) is 9.65. The minimum atomic E-state index is 0.868. The summed E-state index contributed by atoms with van der Waals surface area (Å²) >= 11 is 0. The van der Waals surface area contributed by atoms with Gasteiger partial charge in [0.1, 0.15) is 11.2 Å². The van der Waals surface area contributed by atoms with Crippen LogP contribution in [0.5, 0.6) is 0 Å². The minimum Gasteiger partial charge on any atom is -0.456 e. The summed E-state index contributed by atoms with van der Waals surface area (Å²) in [7, 11) is 0. The van der Waals surface area contributed by atoms with Crippen molar-refractivity contribution in [1.82, 2.24) is 9.55 Å². The first kappa shape index (κ1) is 25.2. The van der Waals surface area contributed by atoms with Crippen molar-refractivity contribution in [3.05, 3.63) is 158 Å². The molecule has 46 heavy (non-hydrogen) atoms. The zero-order valence-electron chi connectivity index (χ0n) is 24.8. The number of nitrogens with zero attached hydrogens (tertiary/aromatic N) is 2. The first-order valence-electron chi connectivity index (χ1n) is 15.6. The van der Waals surface area contributed by atoms with Crippen LogP contribution in [0.4, 0.5) is 0 Å². The van der Waals surface area contributed by atoms with Gasteiger partial charge in [-0.2, -0.15) is 0 Å². The maximum absolute atomic E-state index is 6.54. The van der Waals surface area contributed by atoms with Crippen LogP contribution in [0.15, 0.2) is 162 Å². The van der Waals surface area contributed by atoms with E-state index in [0.717, 1.165) is 60.7 Å². The van der Waals surface area contributed by atoms with Gasteiger partial charge in [-0.3, -0.25) is 0 Å². The number of hydrogen-bond donors (Lipinski definition) is 0. The Morgan fingerprint density at radius 2 is 1.04 bits per heavy atom. The van der Waals surface area contributed by atoms with E-state index in [1.807, 2.05) is 6.07 Å². The second-order valence-electron chi connectivity index (χ2n) is 11.9. The molecule has 0 atom stereocenters. The molecule has 0 amide bonds. The van der Waals surface area contributed by atoms with E-state index >= 15 is 0 Å². The van der Waals surface area contributed by atoms with Crippen molar-refractivity contribution in [2.75, 3.05) is 0 Å². The van der Waals surface area contributed by atoms with Gasteiger partial charge in [0.05, 0.1) is 22.2 Å². The van der Waals surface area contributed by atoms with Gasteiger partial charge in [-0.05, 0) is 48.0 Å². The number of fused-ring (bicyclic) bond motifs is 9. The highest BCUT2D eigenvalue weighted by Gasteiger charge is 2.21. The molecule has 3 aromatic heterocycles. The smallest absolute Gasteiger partial charge is 0.136 e. The van der Waals surface area contributed by atoms with Crippen LogP contribution in [0.1, 0.15) is 0 Å². The predicted octanol–water partition coefficient (Wildman–Crippen LogP) is 11.7. The molecule has 0 unspecified atom stereocenters. The highest BCUT2D eigenvalue weighted by molar-refractivity contribution is 6.27. The molecule has 7 aromatic carbocycles. The molecule has 0 N–H and O–H groups in total. The number of pyridine rings is 1.